The highest BCUT2D eigenvalue weighted by molar-refractivity contribution is 6.29. The molecule has 0 N–H and O–H groups in total. The van der Waals surface area contributed by atoms with E-state index in [1.165, 1.54) is 6.08 Å². The fraction of sp³-hybridized carbons (Fsp3) is 0.111. The van der Waals surface area contributed by atoms with Crippen LogP contribution in [0.2, 0.25) is 0 Å². The summed E-state index contributed by atoms with van der Waals surface area (Å²) in [6, 6.07) is 28.5. The Bertz CT molecular complexity index is 1130. The van der Waals surface area contributed by atoms with Crippen LogP contribution >= 0.6 is 0 Å². The monoisotopic (exact) mass is 410 g/mol. The van der Waals surface area contributed by atoms with Gasteiger partial charge in [0.1, 0.15) is 0 Å². The molecule has 4 nitrogen and oxygen atoms in total. The Morgan fingerprint density at radius 2 is 1.42 bits per heavy atom. The second-order valence-electron chi connectivity index (χ2n) is 7.06. The molecular weight excluding hydrogens is 388 g/mol. The summed E-state index contributed by atoms with van der Waals surface area (Å²) in [6.45, 7) is 2.01. The highest BCUT2D eigenvalue weighted by atomic mass is 16.6. The Kier molecular flexibility index (Phi) is 5.80. The first-order chi connectivity index (χ1) is 15.2. The molecule has 0 aliphatic carbocycles. The summed E-state index contributed by atoms with van der Waals surface area (Å²) in [7, 11) is 0. The summed E-state index contributed by atoms with van der Waals surface area (Å²) < 4.78 is 11.2. The average Bonchev–Trinajstić information content (AvgIpc) is 3.13. The molecule has 4 rings (SSSR count). The number of cyclic esters (lactones) is 1. The topological polar surface area (TPSA) is 52.6 Å². The van der Waals surface area contributed by atoms with E-state index in [1.807, 2.05) is 91.0 Å². The number of rotatable bonds is 6. The lowest BCUT2D eigenvalue weighted by molar-refractivity contribution is -0.142. The third-order valence-corrected chi connectivity index (χ3v) is 5.15. The number of benzene rings is 3. The van der Waals surface area contributed by atoms with Gasteiger partial charge in [0.05, 0.1) is 12.2 Å². The quantitative estimate of drug-likeness (QED) is 0.416. The standard InChI is InChI=1S/C27H22O4/c1-2-30-23(28)18-19-27(22-16-10-5-11-17-22)25(21-14-8-4-9-15-21)24(26(29)31-27)20-12-6-3-7-13-20/h3-19H,2H2,1H3/b19-18+/t27-/m1/s1. The minimum atomic E-state index is -1.27. The smallest absolute Gasteiger partial charge is 0.340 e. The van der Waals surface area contributed by atoms with Crippen molar-refractivity contribution >= 4 is 23.1 Å². The molecule has 4 heteroatoms. The van der Waals surface area contributed by atoms with Crippen LogP contribution in [0, 0.1) is 0 Å². The van der Waals surface area contributed by atoms with Gasteiger partial charge >= 0.3 is 11.9 Å². The Morgan fingerprint density at radius 3 is 2.00 bits per heavy atom. The van der Waals surface area contributed by atoms with Crippen molar-refractivity contribution in [1.82, 2.24) is 0 Å². The molecule has 0 bridgehead atoms. The maximum Gasteiger partial charge on any atom is 0.340 e. The summed E-state index contributed by atoms with van der Waals surface area (Å²) >= 11 is 0. The number of carbonyl (C=O) groups is 2. The maximum absolute atomic E-state index is 13.3. The summed E-state index contributed by atoms with van der Waals surface area (Å²) in [4.78, 5) is 25.5. The predicted octanol–water partition coefficient (Wildman–Crippen LogP) is 5.17. The van der Waals surface area contributed by atoms with Crippen molar-refractivity contribution in [3.05, 3.63) is 120 Å². The summed E-state index contributed by atoms with van der Waals surface area (Å²) in [5, 5.41) is 0. The normalized spacial score (nSPS) is 18.3. The molecule has 0 unspecified atom stereocenters. The molecule has 0 radical (unpaired) electrons. The zero-order valence-electron chi connectivity index (χ0n) is 17.2. The first-order valence-corrected chi connectivity index (χ1v) is 10.2. The molecular formula is C27H22O4. The predicted molar refractivity (Wildman–Crippen MR) is 120 cm³/mol. The zero-order valence-corrected chi connectivity index (χ0v) is 17.2. The largest absolute Gasteiger partial charge is 0.463 e. The highest BCUT2D eigenvalue weighted by Gasteiger charge is 2.48. The van der Waals surface area contributed by atoms with E-state index in [1.54, 1.807) is 13.0 Å². The van der Waals surface area contributed by atoms with E-state index < -0.39 is 17.5 Å². The van der Waals surface area contributed by atoms with Crippen molar-refractivity contribution in [3.8, 4) is 0 Å². The SMILES string of the molecule is CCOC(=O)/C=C/[C@]1(c2ccccc2)OC(=O)C(c2ccccc2)=C1c1ccccc1. The molecule has 0 fully saturated rings. The molecule has 3 aromatic carbocycles. The fourth-order valence-electron chi connectivity index (χ4n) is 3.84. The number of esters is 2. The van der Waals surface area contributed by atoms with E-state index in [-0.39, 0.29) is 6.61 Å². The summed E-state index contributed by atoms with van der Waals surface area (Å²) in [6.07, 6.45) is 2.96. The first-order valence-electron chi connectivity index (χ1n) is 10.2. The van der Waals surface area contributed by atoms with Crippen molar-refractivity contribution in [2.45, 2.75) is 12.5 Å². The van der Waals surface area contributed by atoms with E-state index in [2.05, 4.69) is 0 Å². The number of carbonyl (C=O) groups excluding carboxylic acids is 2. The van der Waals surface area contributed by atoms with Gasteiger partial charge in [-0.25, -0.2) is 9.59 Å². The minimum Gasteiger partial charge on any atom is -0.463 e. The lowest BCUT2D eigenvalue weighted by Gasteiger charge is -2.29. The van der Waals surface area contributed by atoms with Gasteiger partial charge in [0, 0.05) is 17.2 Å². The van der Waals surface area contributed by atoms with Crippen LogP contribution in [-0.2, 0) is 24.7 Å². The van der Waals surface area contributed by atoms with Crippen LogP contribution < -0.4 is 0 Å². The van der Waals surface area contributed by atoms with Crippen molar-refractivity contribution < 1.29 is 19.1 Å². The minimum absolute atomic E-state index is 0.262. The Hall–Kier alpha value is -3.92. The summed E-state index contributed by atoms with van der Waals surface area (Å²) in [5.74, 6) is -0.933. The summed E-state index contributed by atoms with van der Waals surface area (Å²) in [5.41, 5.74) is 2.24. The Balaban J connectivity index is 2.02. The van der Waals surface area contributed by atoms with Gasteiger partial charge in [0.2, 0.25) is 0 Å². The third-order valence-electron chi connectivity index (χ3n) is 5.15. The zero-order chi connectivity index (χ0) is 21.7. The van der Waals surface area contributed by atoms with E-state index in [9.17, 15) is 9.59 Å². The van der Waals surface area contributed by atoms with E-state index >= 15 is 0 Å². The van der Waals surface area contributed by atoms with Gasteiger partial charge in [0.25, 0.3) is 0 Å². The van der Waals surface area contributed by atoms with Crippen LogP contribution in [0.5, 0.6) is 0 Å². The number of ether oxygens (including phenoxy) is 2. The molecule has 0 spiro atoms. The molecule has 1 aliphatic heterocycles. The molecule has 1 atom stereocenters. The highest BCUT2D eigenvalue weighted by Crippen LogP contribution is 2.50. The average molecular weight is 410 g/mol. The molecule has 31 heavy (non-hydrogen) atoms. The van der Waals surface area contributed by atoms with Crippen molar-refractivity contribution in [2.75, 3.05) is 6.61 Å². The van der Waals surface area contributed by atoms with Gasteiger partial charge in [-0.2, -0.15) is 0 Å². The Labute approximate surface area is 181 Å². The second-order valence-corrected chi connectivity index (χ2v) is 7.06. The molecule has 0 aromatic heterocycles. The molecule has 1 aliphatic rings. The van der Waals surface area contributed by atoms with Crippen LogP contribution in [-0.4, -0.2) is 18.5 Å². The van der Waals surface area contributed by atoms with Crippen LogP contribution in [0.4, 0.5) is 0 Å². The van der Waals surface area contributed by atoms with Crippen LogP contribution in [0.25, 0.3) is 11.1 Å². The van der Waals surface area contributed by atoms with Crippen molar-refractivity contribution in [2.24, 2.45) is 0 Å². The fourth-order valence-corrected chi connectivity index (χ4v) is 3.84. The van der Waals surface area contributed by atoms with Crippen LogP contribution in [0.3, 0.4) is 0 Å². The lowest BCUT2D eigenvalue weighted by atomic mass is 9.79. The second kappa shape index (κ2) is 8.84. The Morgan fingerprint density at radius 1 is 0.871 bits per heavy atom. The lowest BCUT2D eigenvalue weighted by Crippen LogP contribution is -2.27. The van der Waals surface area contributed by atoms with Gasteiger partial charge in [-0.3, -0.25) is 0 Å². The van der Waals surface area contributed by atoms with E-state index in [0.717, 1.165) is 16.7 Å². The van der Waals surface area contributed by atoms with Crippen LogP contribution in [0.15, 0.2) is 103 Å². The number of hydrogen-bond donors (Lipinski definition) is 0. The molecule has 0 saturated heterocycles. The third kappa shape index (κ3) is 3.92. The van der Waals surface area contributed by atoms with Gasteiger partial charge in [0.15, 0.2) is 5.60 Å². The van der Waals surface area contributed by atoms with Gasteiger partial charge < -0.3 is 9.47 Å². The number of hydrogen-bond acceptors (Lipinski definition) is 4. The van der Waals surface area contributed by atoms with Crippen molar-refractivity contribution in [3.63, 3.8) is 0 Å². The van der Waals surface area contributed by atoms with Gasteiger partial charge in [-0.15, -0.1) is 0 Å². The maximum atomic E-state index is 13.3. The molecule has 0 saturated carbocycles. The van der Waals surface area contributed by atoms with Crippen molar-refractivity contribution in [1.29, 1.82) is 0 Å². The first kappa shape index (κ1) is 20.4. The molecule has 3 aromatic rings. The molecule has 0 amide bonds. The van der Waals surface area contributed by atoms with Gasteiger partial charge in [-0.1, -0.05) is 91.0 Å². The molecule has 1 heterocycles. The molecule has 154 valence electrons. The van der Waals surface area contributed by atoms with E-state index in [0.29, 0.717) is 11.1 Å². The van der Waals surface area contributed by atoms with Crippen LogP contribution in [0.1, 0.15) is 23.6 Å². The van der Waals surface area contributed by atoms with E-state index in [4.69, 9.17) is 9.47 Å². The van der Waals surface area contributed by atoms with Gasteiger partial charge in [-0.05, 0) is 24.1 Å².